The molecule has 0 aromatic heterocycles. The summed E-state index contributed by atoms with van der Waals surface area (Å²) in [5.41, 5.74) is 4.67. The molecule has 5 heteroatoms. The first kappa shape index (κ1) is 15.8. The Bertz CT molecular complexity index is 624. The van der Waals surface area contributed by atoms with Crippen LogP contribution in [0.2, 0.25) is 0 Å². The third kappa shape index (κ3) is 5.73. The summed E-state index contributed by atoms with van der Waals surface area (Å²) >= 11 is 4.86. The number of thioether (sulfide) groups is 1. The van der Waals surface area contributed by atoms with Crippen molar-refractivity contribution in [2.24, 2.45) is 5.10 Å². The van der Waals surface area contributed by atoms with E-state index in [2.05, 4.69) is 26.5 Å². The molecule has 3 nitrogen and oxygen atoms in total. The quantitative estimate of drug-likeness (QED) is 0.496. The van der Waals surface area contributed by atoms with Gasteiger partial charge in [-0.25, -0.2) is 5.43 Å². The Labute approximate surface area is 137 Å². The standard InChI is InChI=1S/C16H15BrN2OS/c1-12-2-8-15(9-3-12)21-11-16(20)19-18-10-13-4-6-14(17)7-5-13/h2-10H,11H2,1H3,(H,19,20)/b18-10+. The topological polar surface area (TPSA) is 41.5 Å². The minimum Gasteiger partial charge on any atom is -0.272 e. The van der Waals surface area contributed by atoms with Crippen LogP contribution in [0.5, 0.6) is 0 Å². The highest BCUT2D eigenvalue weighted by Gasteiger charge is 2.01. The van der Waals surface area contributed by atoms with Crippen LogP contribution in [0.4, 0.5) is 0 Å². The molecule has 0 bridgehead atoms. The minimum absolute atomic E-state index is 0.117. The van der Waals surface area contributed by atoms with Crippen molar-refractivity contribution in [1.29, 1.82) is 0 Å². The van der Waals surface area contributed by atoms with E-state index in [1.54, 1.807) is 6.21 Å². The van der Waals surface area contributed by atoms with Crippen molar-refractivity contribution in [3.8, 4) is 0 Å². The molecule has 0 spiro atoms. The second-order valence-corrected chi connectivity index (χ2v) is 6.41. The lowest BCUT2D eigenvalue weighted by atomic mass is 10.2. The predicted octanol–water partition coefficient (Wildman–Crippen LogP) is 4.00. The summed E-state index contributed by atoms with van der Waals surface area (Å²) in [6.07, 6.45) is 1.63. The molecule has 0 heterocycles. The lowest BCUT2D eigenvalue weighted by molar-refractivity contribution is -0.118. The van der Waals surface area contributed by atoms with Crippen LogP contribution in [-0.4, -0.2) is 17.9 Å². The van der Waals surface area contributed by atoms with Crippen LogP contribution in [0, 0.1) is 6.92 Å². The zero-order chi connectivity index (χ0) is 15.1. The van der Waals surface area contributed by atoms with Gasteiger partial charge in [-0.1, -0.05) is 45.8 Å². The molecular formula is C16H15BrN2OS. The fourth-order valence-electron chi connectivity index (χ4n) is 1.54. The molecule has 0 radical (unpaired) electrons. The number of aryl methyl sites for hydroxylation is 1. The summed E-state index contributed by atoms with van der Waals surface area (Å²) in [4.78, 5) is 12.8. The molecular weight excluding hydrogens is 348 g/mol. The van der Waals surface area contributed by atoms with E-state index in [1.165, 1.54) is 17.3 Å². The average Bonchev–Trinajstić information content (AvgIpc) is 2.49. The van der Waals surface area contributed by atoms with Gasteiger partial charge in [0, 0.05) is 9.37 Å². The summed E-state index contributed by atoms with van der Waals surface area (Å²) in [6.45, 7) is 2.04. The van der Waals surface area contributed by atoms with Gasteiger partial charge < -0.3 is 0 Å². The fourth-order valence-corrected chi connectivity index (χ4v) is 2.50. The third-order valence-electron chi connectivity index (χ3n) is 2.66. The summed E-state index contributed by atoms with van der Waals surface area (Å²) in [5.74, 6) is 0.231. The van der Waals surface area contributed by atoms with E-state index >= 15 is 0 Å². The molecule has 1 amide bonds. The molecule has 21 heavy (non-hydrogen) atoms. The van der Waals surface area contributed by atoms with Crippen molar-refractivity contribution in [3.63, 3.8) is 0 Å². The molecule has 0 saturated heterocycles. The zero-order valence-corrected chi connectivity index (χ0v) is 13.9. The van der Waals surface area contributed by atoms with Gasteiger partial charge in [-0.05, 0) is 36.8 Å². The number of halogens is 1. The molecule has 0 aliphatic carbocycles. The maximum atomic E-state index is 11.7. The smallest absolute Gasteiger partial charge is 0.250 e. The Morgan fingerprint density at radius 3 is 2.52 bits per heavy atom. The second-order valence-electron chi connectivity index (χ2n) is 4.45. The van der Waals surface area contributed by atoms with Gasteiger partial charge in [-0.3, -0.25) is 4.79 Å². The van der Waals surface area contributed by atoms with Crippen molar-refractivity contribution >= 4 is 39.8 Å². The van der Waals surface area contributed by atoms with Crippen LogP contribution in [0.15, 0.2) is 63.0 Å². The molecule has 108 valence electrons. The van der Waals surface area contributed by atoms with Gasteiger partial charge in [0.25, 0.3) is 0 Å². The molecule has 2 aromatic rings. The Morgan fingerprint density at radius 2 is 1.86 bits per heavy atom. The highest BCUT2D eigenvalue weighted by Crippen LogP contribution is 2.17. The SMILES string of the molecule is Cc1ccc(SCC(=O)N/N=C/c2ccc(Br)cc2)cc1. The number of hydrogen-bond acceptors (Lipinski definition) is 3. The van der Waals surface area contributed by atoms with Gasteiger partial charge in [-0.15, -0.1) is 11.8 Å². The maximum absolute atomic E-state index is 11.7. The number of hydrogen-bond donors (Lipinski definition) is 1. The van der Waals surface area contributed by atoms with Gasteiger partial charge >= 0.3 is 0 Å². The third-order valence-corrected chi connectivity index (χ3v) is 4.20. The molecule has 0 unspecified atom stereocenters. The van der Waals surface area contributed by atoms with Crippen molar-refractivity contribution in [1.82, 2.24) is 5.43 Å². The van der Waals surface area contributed by atoms with Crippen LogP contribution >= 0.6 is 27.7 Å². The molecule has 0 saturated carbocycles. The molecule has 0 atom stereocenters. The van der Waals surface area contributed by atoms with Crippen LogP contribution in [0.1, 0.15) is 11.1 Å². The van der Waals surface area contributed by atoms with Gasteiger partial charge in [0.2, 0.25) is 5.91 Å². The van der Waals surface area contributed by atoms with Crippen molar-refractivity contribution in [2.45, 2.75) is 11.8 Å². The molecule has 0 aliphatic rings. The molecule has 1 N–H and O–H groups in total. The highest BCUT2D eigenvalue weighted by molar-refractivity contribution is 9.10. The normalized spacial score (nSPS) is 10.8. The van der Waals surface area contributed by atoms with Gasteiger partial charge in [0.1, 0.15) is 0 Å². The average molecular weight is 363 g/mol. The van der Waals surface area contributed by atoms with Gasteiger partial charge in [-0.2, -0.15) is 5.10 Å². The number of carbonyl (C=O) groups is 1. The van der Waals surface area contributed by atoms with Crippen molar-refractivity contribution in [2.75, 3.05) is 5.75 Å². The Kier molecular flexibility index (Phi) is 6.02. The van der Waals surface area contributed by atoms with Crippen LogP contribution in [-0.2, 0) is 4.79 Å². The van der Waals surface area contributed by atoms with E-state index in [4.69, 9.17) is 0 Å². The first-order valence-corrected chi connectivity index (χ1v) is 8.18. The minimum atomic E-state index is -0.117. The van der Waals surface area contributed by atoms with Gasteiger partial charge in [0.05, 0.1) is 12.0 Å². The number of amides is 1. The lowest BCUT2D eigenvalue weighted by Crippen LogP contribution is -2.19. The Hall–Kier alpha value is -1.59. The molecule has 2 aromatic carbocycles. The maximum Gasteiger partial charge on any atom is 0.250 e. The molecule has 0 fully saturated rings. The fraction of sp³-hybridized carbons (Fsp3) is 0.125. The molecule has 2 rings (SSSR count). The molecule has 0 aliphatic heterocycles. The summed E-state index contributed by atoms with van der Waals surface area (Å²) < 4.78 is 1.01. The second kappa shape index (κ2) is 8.00. The summed E-state index contributed by atoms with van der Waals surface area (Å²) in [5, 5.41) is 3.94. The van der Waals surface area contributed by atoms with E-state index in [1.807, 2.05) is 55.5 Å². The van der Waals surface area contributed by atoms with E-state index in [0.29, 0.717) is 5.75 Å². The summed E-state index contributed by atoms with van der Waals surface area (Å²) in [7, 11) is 0. The first-order valence-electron chi connectivity index (χ1n) is 6.40. The van der Waals surface area contributed by atoms with E-state index < -0.39 is 0 Å². The number of carbonyl (C=O) groups excluding carboxylic acids is 1. The monoisotopic (exact) mass is 362 g/mol. The number of rotatable bonds is 5. The summed E-state index contributed by atoms with van der Waals surface area (Å²) in [6, 6.07) is 15.8. The van der Waals surface area contributed by atoms with Gasteiger partial charge in [0.15, 0.2) is 0 Å². The number of benzene rings is 2. The van der Waals surface area contributed by atoms with E-state index in [-0.39, 0.29) is 5.91 Å². The van der Waals surface area contributed by atoms with Crippen molar-refractivity contribution < 1.29 is 4.79 Å². The number of hydrazone groups is 1. The van der Waals surface area contributed by atoms with Crippen LogP contribution < -0.4 is 5.43 Å². The largest absolute Gasteiger partial charge is 0.272 e. The number of nitrogens with one attached hydrogen (secondary N) is 1. The van der Waals surface area contributed by atoms with E-state index in [9.17, 15) is 4.79 Å². The zero-order valence-electron chi connectivity index (χ0n) is 11.5. The van der Waals surface area contributed by atoms with E-state index in [0.717, 1.165) is 14.9 Å². The van der Waals surface area contributed by atoms with Crippen molar-refractivity contribution in [3.05, 3.63) is 64.1 Å². The van der Waals surface area contributed by atoms with Crippen LogP contribution in [0.3, 0.4) is 0 Å². The first-order chi connectivity index (χ1) is 10.1. The predicted molar refractivity (Wildman–Crippen MR) is 91.8 cm³/mol. The Morgan fingerprint density at radius 1 is 1.19 bits per heavy atom. The highest BCUT2D eigenvalue weighted by atomic mass is 79.9. The lowest BCUT2D eigenvalue weighted by Gasteiger charge is -2.01. The number of nitrogens with zero attached hydrogens (tertiary/aromatic N) is 1. The Balaban J connectivity index is 1.77. The van der Waals surface area contributed by atoms with Crippen LogP contribution in [0.25, 0.3) is 0 Å².